The third-order valence-electron chi connectivity index (χ3n) is 2.49. The maximum Gasteiger partial charge on any atom is 0.344 e. The topological polar surface area (TPSA) is 63.6 Å². The summed E-state index contributed by atoms with van der Waals surface area (Å²) in [5.74, 6) is -2.15. The van der Waals surface area contributed by atoms with Crippen LogP contribution in [0.15, 0.2) is 12.2 Å². The van der Waals surface area contributed by atoms with Gasteiger partial charge in [0.05, 0.1) is 6.61 Å². The molecule has 17 heavy (non-hydrogen) atoms. The summed E-state index contributed by atoms with van der Waals surface area (Å²) in [5.41, 5.74) is -0.507. The van der Waals surface area contributed by atoms with Crippen LogP contribution < -0.4 is 0 Å². The second-order valence-corrected chi connectivity index (χ2v) is 4.04. The van der Waals surface area contributed by atoms with Crippen molar-refractivity contribution in [3.05, 3.63) is 12.2 Å². The highest BCUT2D eigenvalue weighted by molar-refractivity contribution is 6.12. The Balaban J connectivity index is 3.37. The third kappa shape index (κ3) is 8.48. The van der Waals surface area contributed by atoms with Crippen LogP contribution in [0.2, 0.25) is 0 Å². The Morgan fingerprint density at radius 3 is 2.12 bits per heavy atom. The minimum absolute atomic E-state index is 0.277. The Morgan fingerprint density at radius 2 is 1.59 bits per heavy atom. The molecule has 0 aliphatic heterocycles. The van der Waals surface area contributed by atoms with Gasteiger partial charge in [-0.15, -0.1) is 0 Å². The molecule has 1 N–H and O–H groups in total. The number of carboxylic acids is 1. The van der Waals surface area contributed by atoms with Gasteiger partial charge in [-0.3, -0.25) is 0 Å². The SMILES string of the molecule is C=C(C(=O)O)C(=O)OCCCCCCCCC. The number of aliphatic carboxylic acids is 1. The zero-order valence-corrected chi connectivity index (χ0v) is 10.5. The summed E-state index contributed by atoms with van der Waals surface area (Å²) < 4.78 is 4.77. The van der Waals surface area contributed by atoms with E-state index in [0.29, 0.717) is 0 Å². The van der Waals surface area contributed by atoms with E-state index in [9.17, 15) is 9.59 Å². The molecular weight excluding hydrogens is 220 g/mol. The van der Waals surface area contributed by atoms with Crippen molar-refractivity contribution in [2.45, 2.75) is 51.9 Å². The van der Waals surface area contributed by atoms with Gasteiger partial charge in [0.15, 0.2) is 0 Å². The van der Waals surface area contributed by atoms with E-state index in [1.165, 1.54) is 25.7 Å². The number of hydrogen-bond donors (Lipinski definition) is 1. The van der Waals surface area contributed by atoms with Crippen LogP contribution in [0.25, 0.3) is 0 Å². The smallest absolute Gasteiger partial charge is 0.344 e. The monoisotopic (exact) mass is 242 g/mol. The lowest BCUT2D eigenvalue weighted by atomic mass is 10.1. The predicted octanol–water partition coefficient (Wildman–Crippen LogP) is 2.92. The van der Waals surface area contributed by atoms with Crippen molar-refractivity contribution in [2.24, 2.45) is 0 Å². The number of carbonyl (C=O) groups is 2. The highest BCUT2D eigenvalue weighted by Gasteiger charge is 2.15. The Hall–Kier alpha value is -1.32. The number of carboxylic acid groups (broad SMARTS) is 1. The summed E-state index contributed by atoms with van der Waals surface area (Å²) in [6, 6.07) is 0. The van der Waals surface area contributed by atoms with Crippen molar-refractivity contribution < 1.29 is 19.4 Å². The number of unbranched alkanes of at least 4 members (excludes halogenated alkanes) is 6. The first kappa shape index (κ1) is 15.7. The fraction of sp³-hybridized carbons (Fsp3) is 0.692. The summed E-state index contributed by atoms with van der Waals surface area (Å²) in [6.45, 7) is 5.58. The first-order chi connectivity index (χ1) is 8.09. The zero-order valence-electron chi connectivity index (χ0n) is 10.5. The molecule has 0 rings (SSSR count). The van der Waals surface area contributed by atoms with E-state index in [2.05, 4.69) is 13.5 Å². The van der Waals surface area contributed by atoms with Gasteiger partial charge in [0.2, 0.25) is 0 Å². The van der Waals surface area contributed by atoms with Crippen LogP contribution in [-0.4, -0.2) is 23.7 Å². The summed E-state index contributed by atoms with van der Waals surface area (Å²) in [4.78, 5) is 21.4. The molecule has 0 saturated heterocycles. The first-order valence-corrected chi connectivity index (χ1v) is 6.19. The third-order valence-corrected chi connectivity index (χ3v) is 2.49. The van der Waals surface area contributed by atoms with E-state index in [0.717, 1.165) is 19.3 Å². The molecule has 0 aliphatic carbocycles. The Kier molecular flexibility index (Phi) is 9.11. The summed E-state index contributed by atoms with van der Waals surface area (Å²) in [7, 11) is 0. The standard InChI is InChI=1S/C13H22O4/c1-3-4-5-6-7-8-9-10-17-13(16)11(2)12(14)15/h2-10H2,1H3,(H,14,15). The van der Waals surface area contributed by atoms with Gasteiger partial charge in [-0.2, -0.15) is 0 Å². The van der Waals surface area contributed by atoms with Crippen molar-refractivity contribution in [1.29, 1.82) is 0 Å². The molecule has 0 aromatic rings. The van der Waals surface area contributed by atoms with E-state index >= 15 is 0 Å². The lowest BCUT2D eigenvalue weighted by Gasteiger charge is -2.04. The molecule has 0 unspecified atom stereocenters. The average molecular weight is 242 g/mol. The Bertz CT molecular complexity index is 258. The van der Waals surface area contributed by atoms with Crippen molar-refractivity contribution in [2.75, 3.05) is 6.61 Å². The molecule has 0 fully saturated rings. The first-order valence-electron chi connectivity index (χ1n) is 6.19. The molecule has 0 spiro atoms. The number of ether oxygens (including phenoxy) is 1. The molecule has 0 heterocycles. The molecule has 0 aromatic heterocycles. The number of esters is 1. The normalized spacial score (nSPS) is 9.94. The lowest BCUT2D eigenvalue weighted by Crippen LogP contribution is -2.14. The van der Waals surface area contributed by atoms with E-state index in [-0.39, 0.29) is 6.61 Å². The number of hydrogen-bond acceptors (Lipinski definition) is 3. The van der Waals surface area contributed by atoms with Crippen LogP contribution >= 0.6 is 0 Å². The molecule has 0 atom stereocenters. The van der Waals surface area contributed by atoms with Crippen molar-refractivity contribution in [3.63, 3.8) is 0 Å². The van der Waals surface area contributed by atoms with Gasteiger partial charge in [0, 0.05) is 0 Å². The maximum atomic E-state index is 11.1. The molecule has 0 amide bonds. The van der Waals surface area contributed by atoms with Crippen LogP contribution in [0, 0.1) is 0 Å². The van der Waals surface area contributed by atoms with Gasteiger partial charge in [0.25, 0.3) is 0 Å². The highest BCUT2D eigenvalue weighted by atomic mass is 16.5. The van der Waals surface area contributed by atoms with Gasteiger partial charge in [-0.1, -0.05) is 52.0 Å². The number of carbonyl (C=O) groups excluding carboxylic acids is 1. The van der Waals surface area contributed by atoms with E-state index in [4.69, 9.17) is 9.84 Å². The van der Waals surface area contributed by atoms with Crippen LogP contribution in [0.4, 0.5) is 0 Å². The van der Waals surface area contributed by atoms with Gasteiger partial charge >= 0.3 is 11.9 Å². The second-order valence-electron chi connectivity index (χ2n) is 4.04. The molecule has 0 bridgehead atoms. The fourth-order valence-electron chi connectivity index (χ4n) is 1.40. The largest absolute Gasteiger partial charge is 0.477 e. The predicted molar refractivity (Wildman–Crippen MR) is 65.7 cm³/mol. The molecule has 0 aliphatic rings. The van der Waals surface area contributed by atoms with E-state index < -0.39 is 17.5 Å². The summed E-state index contributed by atoms with van der Waals surface area (Å²) >= 11 is 0. The van der Waals surface area contributed by atoms with E-state index in [1.807, 2.05) is 0 Å². The number of rotatable bonds is 10. The van der Waals surface area contributed by atoms with Crippen molar-refractivity contribution >= 4 is 11.9 Å². The van der Waals surface area contributed by atoms with Crippen LogP contribution in [0.5, 0.6) is 0 Å². The van der Waals surface area contributed by atoms with E-state index in [1.54, 1.807) is 0 Å². The average Bonchev–Trinajstić information content (AvgIpc) is 2.31. The summed E-state index contributed by atoms with van der Waals surface area (Å²) in [6.07, 6.45) is 7.90. The zero-order chi connectivity index (χ0) is 13.1. The van der Waals surface area contributed by atoms with Crippen molar-refractivity contribution in [3.8, 4) is 0 Å². The molecule has 4 nitrogen and oxygen atoms in total. The minimum atomic E-state index is -1.32. The van der Waals surface area contributed by atoms with Gasteiger partial charge in [0.1, 0.15) is 5.57 Å². The quantitative estimate of drug-likeness (QED) is 0.210. The molecule has 0 radical (unpaired) electrons. The van der Waals surface area contributed by atoms with Gasteiger partial charge in [-0.05, 0) is 6.42 Å². The molecule has 0 aromatic carbocycles. The molecule has 98 valence electrons. The minimum Gasteiger partial charge on any atom is -0.477 e. The Morgan fingerprint density at radius 1 is 1.06 bits per heavy atom. The molecule has 4 heteroatoms. The van der Waals surface area contributed by atoms with Crippen LogP contribution in [-0.2, 0) is 14.3 Å². The maximum absolute atomic E-state index is 11.1. The van der Waals surface area contributed by atoms with Crippen molar-refractivity contribution in [1.82, 2.24) is 0 Å². The summed E-state index contributed by atoms with van der Waals surface area (Å²) in [5, 5.41) is 8.48. The fourth-order valence-corrected chi connectivity index (χ4v) is 1.40. The van der Waals surface area contributed by atoms with Gasteiger partial charge < -0.3 is 9.84 Å². The molecular formula is C13H22O4. The van der Waals surface area contributed by atoms with Gasteiger partial charge in [-0.25, -0.2) is 9.59 Å². The van der Waals surface area contributed by atoms with Crippen LogP contribution in [0.1, 0.15) is 51.9 Å². The molecule has 0 saturated carbocycles. The Labute approximate surface area is 103 Å². The lowest BCUT2D eigenvalue weighted by molar-refractivity contribution is -0.144. The van der Waals surface area contributed by atoms with Crippen LogP contribution in [0.3, 0.4) is 0 Å². The highest BCUT2D eigenvalue weighted by Crippen LogP contribution is 2.07. The second kappa shape index (κ2) is 9.87.